The van der Waals surface area contributed by atoms with E-state index in [0.29, 0.717) is 22.1 Å². The smallest absolute Gasteiger partial charge is 0.287 e. The van der Waals surface area contributed by atoms with Crippen LogP contribution in [0.4, 0.5) is 5.69 Å². The Bertz CT molecular complexity index is 924. The van der Waals surface area contributed by atoms with Crippen LogP contribution in [0.1, 0.15) is 11.1 Å². The lowest BCUT2D eigenvalue weighted by molar-refractivity contribution is -0.383. The lowest BCUT2D eigenvalue weighted by Gasteiger charge is -2.06. The fourth-order valence-electron chi connectivity index (χ4n) is 2.53. The maximum Gasteiger partial charge on any atom is 0.287 e. The highest BCUT2D eigenvalue weighted by molar-refractivity contribution is 5.97. The van der Waals surface area contributed by atoms with E-state index in [-0.39, 0.29) is 22.1 Å². The standard InChI is InChI=1S/C15H11NO4/c1-8-7-9(2)15-12(13(8)16(18)19)14(17)10-5-3-4-6-11(10)20-15/h3-7H,1-2H3. The Morgan fingerprint density at radius 2 is 1.85 bits per heavy atom. The third-order valence-electron chi connectivity index (χ3n) is 3.38. The fourth-order valence-corrected chi connectivity index (χ4v) is 2.53. The van der Waals surface area contributed by atoms with E-state index in [4.69, 9.17) is 4.42 Å². The minimum atomic E-state index is -0.525. The number of fused-ring (bicyclic) bond motifs is 2. The Balaban J connectivity index is 2.69. The van der Waals surface area contributed by atoms with Crippen LogP contribution in [0.3, 0.4) is 0 Å². The second kappa shape index (κ2) is 4.16. The van der Waals surface area contributed by atoms with Gasteiger partial charge in [0.05, 0.1) is 10.3 Å². The topological polar surface area (TPSA) is 73.3 Å². The molecule has 0 radical (unpaired) electrons. The van der Waals surface area contributed by atoms with E-state index in [1.54, 1.807) is 44.2 Å². The molecule has 0 aliphatic rings. The Labute approximate surface area is 113 Å². The normalized spacial score (nSPS) is 11.1. The van der Waals surface area contributed by atoms with Crippen molar-refractivity contribution in [3.8, 4) is 0 Å². The molecule has 1 aromatic heterocycles. The molecule has 0 bridgehead atoms. The molecular weight excluding hydrogens is 258 g/mol. The van der Waals surface area contributed by atoms with Crippen molar-refractivity contribution >= 4 is 27.6 Å². The zero-order valence-corrected chi connectivity index (χ0v) is 11.0. The maximum absolute atomic E-state index is 12.6. The van der Waals surface area contributed by atoms with Gasteiger partial charge in [-0.05, 0) is 37.6 Å². The summed E-state index contributed by atoms with van der Waals surface area (Å²) in [5.41, 5.74) is 1.36. The number of aryl methyl sites for hydroxylation is 2. The fraction of sp³-hybridized carbons (Fsp3) is 0.133. The molecule has 20 heavy (non-hydrogen) atoms. The monoisotopic (exact) mass is 269 g/mol. The predicted octanol–water partition coefficient (Wildman–Crippen LogP) is 3.47. The summed E-state index contributed by atoms with van der Waals surface area (Å²) in [6.07, 6.45) is 0. The molecule has 0 fully saturated rings. The van der Waals surface area contributed by atoms with Crippen molar-refractivity contribution < 1.29 is 9.34 Å². The molecule has 5 nitrogen and oxygen atoms in total. The van der Waals surface area contributed by atoms with Crippen LogP contribution in [0.5, 0.6) is 0 Å². The van der Waals surface area contributed by atoms with Crippen molar-refractivity contribution in [2.75, 3.05) is 0 Å². The molecule has 0 saturated heterocycles. The van der Waals surface area contributed by atoms with Crippen LogP contribution in [0, 0.1) is 24.0 Å². The summed E-state index contributed by atoms with van der Waals surface area (Å²) < 4.78 is 5.70. The molecule has 3 rings (SSSR count). The predicted molar refractivity (Wildman–Crippen MR) is 76.1 cm³/mol. The second-order valence-electron chi connectivity index (χ2n) is 4.75. The number of nitro groups is 1. The van der Waals surface area contributed by atoms with Gasteiger partial charge in [0.15, 0.2) is 0 Å². The van der Waals surface area contributed by atoms with Crippen molar-refractivity contribution in [3.05, 3.63) is 61.8 Å². The molecule has 0 saturated carbocycles. The Hall–Kier alpha value is -2.69. The van der Waals surface area contributed by atoms with Crippen LogP contribution in [0.2, 0.25) is 0 Å². The summed E-state index contributed by atoms with van der Waals surface area (Å²) in [4.78, 5) is 23.3. The first-order valence-corrected chi connectivity index (χ1v) is 6.11. The second-order valence-corrected chi connectivity index (χ2v) is 4.75. The van der Waals surface area contributed by atoms with Crippen molar-refractivity contribution in [2.24, 2.45) is 0 Å². The Morgan fingerprint density at radius 3 is 2.55 bits per heavy atom. The molecule has 3 aromatic rings. The summed E-state index contributed by atoms with van der Waals surface area (Å²) in [6, 6.07) is 8.43. The van der Waals surface area contributed by atoms with Gasteiger partial charge in [0.1, 0.15) is 16.6 Å². The van der Waals surface area contributed by atoms with Gasteiger partial charge in [-0.25, -0.2) is 0 Å². The summed E-state index contributed by atoms with van der Waals surface area (Å²) in [7, 11) is 0. The molecule has 0 unspecified atom stereocenters. The average Bonchev–Trinajstić information content (AvgIpc) is 2.40. The van der Waals surface area contributed by atoms with Gasteiger partial charge in [0.25, 0.3) is 5.69 Å². The number of nitrogens with zero attached hydrogens (tertiary/aromatic N) is 1. The molecular formula is C15H11NO4. The van der Waals surface area contributed by atoms with E-state index >= 15 is 0 Å². The zero-order chi connectivity index (χ0) is 14.4. The molecule has 0 N–H and O–H groups in total. The molecule has 2 aromatic carbocycles. The number of benzene rings is 2. The van der Waals surface area contributed by atoms with Crippen LogP contribution in [-0.4, -0.2) is 4.92 Å². The summed E-state index contributed by atoms with van der Waals surface area (Å²) in [5, 5.41) is 11.7. The van der Waals surface area contributed by atoms with Crippen LogP contribution in [0.15, 0.2) is 39.5 Å². The van der Waals surface area contributed by atoms with Gasteiger partial charge in [0.2, 0.25) is 5.43 Å². The van der Waals surface area contributed by atoms with Crippen molar-refractivity contribution in [1.29, 1.82) is 0 Å². The Morgan fingerprint density at radius 1 is 1.15 bits per heavy atom. The first kappa shape index (κ1) is 12.3. The number of hydrogen-bond donors (Lipinski definition) is 0. The largest absolute Gasteiger partial charge is 0.455 e. The third kappa shape index (κ3) is 1.60. The molecule has 0 atom stereocenters. The maximum atomic E-state index is 12.6. The van der Waals surface area contributed by atoms with Gasteiger partial charge < -0.3 is 4.42 Å². The molecule has 0 amide bonds. The minimum Gasteiger partial charge on any atom is -0.455 e. The van der Waals surface area contributed by atoms with Gasteiger partial charge in [-0.15, -0.1) is 0 Å². The molecule has 100 valence electrons. The summed E-state index contributed by atoms with van der Waals surface area (Å²) >= 11 is 0. The van der Waals surface area contributed by atoms with Crippen LogP contribution in [0.25, 0.3) is 21.9 Å². The zero-order valence-electron chi connectivity index (χ0n) is 11.0. The summed E-state index contributed by atoms with van der Waals surface area (Å²) in [5.74, 6) is 0. The molecule has 0 aliphatic heterocycles. The third-order valence-corrected chi connectivity index (χ3v) is 3.38. The number of rotatable bonds is 1. The molecule has 1 heterocycles. The van der Waals surface area contributed by atoms with Gasteiger partial charge in [-0.2, -0.15) is 0 Å². The van der Waals surface area contributed by atoms with E-state index in [2.05, 4.69) is 0 Å². The van der Waals surface area contributed by atoms with Crippen molar-refractivity contribution in [1.82, 2.24) is 0 Å². The number of nitro benzene ring substituents is 1. The first-order valence-electron chi connectivity index (χ1n) is 6.11. The van der Waals surface area contributed by atoms with Gasteiger partial charge in [-0.3, -0.25) is 14.9 Å². The highest BCUT2D eigenvalue weighted by Gasteiger charge is 2.23. The summed E-state index contributed by atoms with van der Waals surface area (Å²) in [6.45, 7) is 3.40. The number of hydrogen-bond acceptors (Lipinski definition) is 4. The van der Waals surface area contributed by atoms with Crippen LogP contribution in [-0.2, 0) is 0 Å². The van der Waals surface area contributed by atoms with Crippen molar-refractivity contribution in [2.45, 2.75) is 13.8 Å². The first-order chi connectivity index (χ1) is 9.50. The van der Waals surface area contributed by atoms with E-state index in [1.165, 1.54) is 0 Å². The van der Waals surface area contributed by atoms with Gasteiger partial charge in [-0.1, -0.05) is 12.1 Å². The van der Waals surface area contributed by atoms with Gasteiger partial charge in [0, 0.05) is 5.56 Å². The van der Waals surface area contributed by atoms with E-state index in [0.717, 1.165) is 0 Å². The van der Waals surface area contributed by atoms with Crippen molar-refractivity contribution in [3.63, 3.8) is 0 Å². The molecule has 0 spiro atoms. The van der Waals surface area contributed by atoms with E-state index in [9.17, 15) is 14.9 Å². The minimum absolute atomic E-state index is 0.0474. The average molecular weight is 269 g/mol. The molecule has 5 heteroatoms. The van der Waals surface area contributed by atoms with Crippen LogP contribution < -0.4 is 5.43 Å². The molecule has 0 aliphatic carbocycles. The van der Waals surface area contributed by atoms with Gasteiger partial charge >= 0.3 is 0 Å². The van der Waals surface area contributed by atoms with E-state index < -0.39 is 4.92 Å². The Kier molecular flexibility index (Phi) is 2.57. The lowest BCUT2D eigenvalue weighted by atomic mass is 10.0. The SMILES string of the molecule is Cc1cc(C)c2oc3ccccc3c(=O)c2c1[N+](=O)[O-]. The van der Waals surface area contributed by atoms with Crippen LogP contribution >= 0.6 is 0 Å². The highest BCUT2D eigenvalue weighted by atomic mass is 16.6. The number of para-hydroxylation sites is 1. The van der Waals surface area contributed by atoms with E-state index in [1.807, 2.05) is 0 Å². The highest BCUT2D eigenvalue weighted by Crippen LogP contribution is 2.31. The quantitative estimate of drug-likeness (QED) is 0.385. The lowest BCUT2D eigenvalue weighted by Crippen LogP contribution is -2.07.